The van der Waals surface area contributed by atoms with Crippen molar-refractivity contribution in [1.29, 1.82) is 0 Å². The predicted molar refractivity (Wildman–Crippen MR) is 65.3 cm³/mol. The molecule has 0 spiro atoms. The molecule has 0 radical (unpaired) electrons. The average Bonchev–Trinajstić information content (AvgIpc) is 2.56. The molecule has 0 aliphatic heterocycles. The van der Waals surface area contributed by atoms with Crippen molar-refractivity contribution in [3.8, 4) is 0 Å². The van der Waals surface area contributed by atoms with Gasteiger partial charge in [-0.3, -0.25) is 4.79 Å². The molecule has 3 N–H and O–H groups in total. The Kier molecular flexibility index (Phi) is 2.87. The van der Waals surface area contributed by atoms with E-state index in [1.807, 2.05) is 18.2 Å². The average molecular weight is 234 g/mol. The summed E-state index contributed by atoms with van der Waals surface area (Å²) in [6, 6.07) is 5.74. The monoisotopic (exact) mass is 234 g/mol. The number of carboxylic acid groups (broad SMARTS) is 1. The molecule has 2 rings (SSSR count). The molecule has 0 atom stereocenters. The number of anilines is 1. The van der Waals surface area contributed by atoms with Gasteiger partial charge in [0.2, 0.25) is 0 Å². The van der Waals surface area contributed by atoms with E-state index in [0.717, 1.165) is 15.8 Å². The first-order valence-electron chi connectivity index (χ1n) is 4.69. The molecule has 82 valence electrons. The lowest BCUT2D eigenvalue weighted by Crippen LogP contribution is -1.89. The summed E-state index contributed by atoms with van der Waals surface area (Å²) in [5.74, 6) is -0.838. The first-order valence-corrected chi connectivity index (χ1v) is 5.51. The van der Waals surface area contributed by atoms with Crippen LogP contribution in [0, 0.1) is 0 Å². The molecule has 1 heterocycles. The van der Waals surface area contributed by atoms with E-state index >= 15 is 0 Å². The van der Waals surface area contributed by atoms with Crippen LogP contribution in [0.1, 0.15) is 12.0 Å². The smallest absolute Gasteiger partial charge is 0.307 e. The molecule has 0 saturated carbocycles. The highest BCUT2D eigenvalue weighted by molar-refractivity contribution is 7.22. The maximum Gasteiger partial charge on any atom is 0.307 e. The molecule has 0 amide bonds. The number of rotatable bonds is 3. The summed E-state index contributed by atoms with van der Waals surface area (Å²) >= 11 is 1.44. The van der Waals surface area contributed by atoms with Gasteiger partial charge in [0.15, 0.2) is 5.13 Å². The zero-order valence-corrected chi connectivity index (χ0v) is 9.20. The van der Waals surface area contributed by atoms with Gasteiger partial charge >= 0.3 is 5.97 Å². The van der Waals surface area contributed by atoms with Crippen molar-refractivity contribution in [3.05, 3.63) is 29.8 Å². The Morgan fingerprint density at radius 3 is 3.12 bits per heavy atom. The van der Waals surface area contributed by atoms with Crippen molar-refractivity contribution >= 4 is 38.7 Å². The molecule has 5 heteroatoms. The molecule has 1 aromatic heterocycles. The van der Waals surface area contributed by atoms with Crippen LogP contribution >= 0.6 is 11.3 Å². The largest absolute Gasteiger partial charge is 0.481 e. The third kappa shape index (κ3) is 2.38. The fourth-order valence-corrected chi connectivity index (χ4v) is 2.08. The maximum atomic E-state index is 10.3. The van der Waals surface area contributed by atoms with Gasteiger partial charge in [0.05, 0.1) is 16.6 Å². The van der Waals surface area contributed by atoms with Crippen LogP contribution in [0.4, 0.5) is 5.13 Å². The van der Waals surface area contributed by atoms with E-state index in [1.165, 1.54) is 11.3 Å². The van der Waals surface area contributed by atoms with Crippen LogP contribution in [0.25, 0.3) is 16.3 Å². The van der Waals surface area contributed by atoms with Crippen LogP contribution in [-0.4, -0.2) is 16.1 Å². The van der Waals surface area contributed by atoms with E-state index in [2.05, 4.69) is 4.98 Å². The van der Waals surface area contributed by atoms with Gasteiger partial charge in [-0.2, -0.15) is 0 Å². The van der Waals surface area contributed by atoms with E-state index in [0.29, 0.717) is 5.13 Å². The molecule has 16 heavy (non-hydrogen) atoms. The Hall–Kier alpha value is -1.88. The van der Waals surface area contributed by atoms with Crippen LogP contribution in [0.2, 0.25) is 0 Å². The van der Waals surface area contributed by atoms with Gasteiger partial charge in [-0.05, 0) is 17.7 Å². The van der Waals surface area contributed by atoms with E-state index < -0.39 is 5.97 Å². The van der Waals surface area contributed by atoms with Gasteiger partial charge in [0.1, 0.15) is 0 Å². The number of aromatic nitrogens is 1. The SMILES string of the molecule is Nc1nc2cc(C=CCC(=O)O)ccc2s1. The lowest BCUT2D eigenvalue weighted by molar-refractivity contribution is -0.135. The number of aliphatic carboxylic acids is 1. The molecule has 1 aromatic carbocycles. The van der Waals surface area contributed by atoms with Crippen LogP contribution in [0.15, 0.2) is 24.3 Å². The van der Waals surface area contributed by atoms with Crippen molar-refractivity contribution in [1.82, 2.24) is 4.98 Å². The van der Waals surface area contributed by atoms with Gasteiger partial charge in [-0.1, -0.05) is 29.6 Å². The van der Waals surface area contributed by atoms with Crippen LogP contribution in [0.5, 0.6) is 0 Å². The normalized spacial score (nSPS) is 11.2. The minimum Gasteiger partial charge on any atom is -0.481 e. The Morgan fingerprint density at radius 2 is 2.38 bits per heavy atom. The summed E-state index contributed by atoms with van der Waals surface area (Å²) < 4.78 is 1.04. The van der Waals surface area contributed by atoms with Gasteiger partial charge in [0.25, 0.3) is 0 Å². The number of carbonyl (C=O) groups is 1. The van der Waals surface area contributed by atoms with E-state index in [4.69, 9.17) is 10.8 Å². The number of nitrogen functional groups attached to an aromatic ring is 1. The zero-order valence-electron chi connectivity index (χ0n) is 8.38. The van der Waals surface area contributed by atoms with Gasteiger partial charge in [-0.15, -0.1) is 0 Å². The fourth-order valence-electron chi connectivity index (χ4n) is 1.36. The minimum atomic E-state index is -0.838. The molecular weight excluding hydrogens is 224 g/mol. The number of hydrogen-bond acceptors (Lipinski definition) is 4. The molecule has 0 aliphatic carbocycles. The highest BCUT2D eigenvalue weighted by Gasteiger charge is 2.00. The Balaban J connectivity index is 2.25. The summed E-state index contributed by atoms with van der Waals surface area (Å²) in [5.41, 5.74) is 7.37. The highest BCUT2D eigenvalue weighted by Crippen LogP contribution is 2.24. The summed E-state index contributed by atoms with van der Waals surface area (Å²) in [6.07, 6.45) is 3.40. The second-order valence-electron chi connectivity index (χ2n) is 3.28. The van der Waals surface area contributed by atoms with E-state index in [-0.39, 0.29) is 6.42 Å². The molecule has 0 unspecified atom stereocenters. The Bertz CT molecular complexity index is 560. The molecule has 0 aliphatic rings. The minimum absolute atomic E-state index is 0.0250. The number of carboxylic acids is 1. The van der Waals surface area contributed by atoms with Gasteiger partial charge in [-0.25, -0.2) is 4.98 Å². The second-order valence-corrected chi connectivity index (χ2v) is 4.34. The fraction of sp³-hybridized carbons (Fsp3) is 0.0909. The second kappa shape index (κ2) is 4.32. The standard InChI is InChI=1S/C11H10N2O2S/c12-11-13-8-6-7(2-1-3-10(14)15)4-5-9(8)16-11/h1-2,4-6H,3H2,(H2,12,13)(H,14,15). The molecule has 2 aromatic rings. The number of benzene rings is 1. The lowest BCUT2D eigenvalue weighted by Gasteiger charge is -1.92. The highest BCUT2D eigenvalue weighted by atomic mass is 32.1. The molecule has 0 fully saturated rings. The van der Waals surface area contributed by atoms with Crippen molar-refractivity contribution in [2.75, 3.05) is 5.73 Å². The zero-order chi connectivity index (χ0) is 11.5. The third-order valence-corrected chi connectivity index (χ3v) is 2.90. The number of hydrogen-bond donors (Lipinski definition) is 2. The van der Waals surface area contributed by atoms with Crippen LogP contribution in [0.3, 0.4) is 0 Å². The quantitative estimate of drug-likeness (QED) is 0.854. The van der Waals surface area contributed by atoms with Crippen LogP contribution < -0.4 is 5.73 Å². The number of nitrogens with two attached hydrogens (primary N) is 1. The number of thiazole rings is 1. The van der Waals surface area contributed by atoms with Crippen molar-refractivity contribution < 1.29 is 9.90 Å². The lowest BCUT2D eigenvalue weighted by atomic mass is 10.2. The van der Waals surface area contributed by atoms with Gasteiger partial charge < -0.3 is 10.8 Å². The third-order valence-electron chi connectivity index (χ3n) is 2.03. The van der Waals surface area contributed by atoms with Crippen molar-refractivity contribution in [3.63, 3.8) is 0 Å². The summed E-state index contributed by atoms with van der Waals surface area (Å²) in [6.45, 7) is 0. The topological polar surface area (TPSA) is 76.2 Å². The van der Waals surface area contributed by atoms with Gasteiger partial charge in [0, 0.05) is 0 Å². The Morgan fingerprint density at radius 1 is 1.56 bits per heavy atom. The summed E-state index contributed by atoms with van der Waals surface area (Å²) in [7, 11) is 0. The predicted octanol–water partition coefficient (Wildman–Crippen LogP) is 2.37. The van der Waals surface area contributed by atoms with Crippen LogP contribution in [-0.2, 0) is 4.79 Å². The first-order chi connectivity index (χ1) is 7.65. The summed E-state index contributed by atoms with van der Waals surface area (Å²) in [5, 5.41) is 9.03. The Labute approximate surface area is 96.0 Å². The maximum absolute atomic E-state index is 10.3. The van der Waals surface area contributed by atoms with Crippen molar-refractivity contribution in [2.24, 2.45) is 0 Å². The van der Waals surface area contributed by atoms with Crippen molar-refractivity contribution in [2.45, 2.75) is 6.42 Å². The first kappa shape index (κ1) is 10.6. The van der Waals surface area contributed by atoms with E-state index in [9.17, 15) is 4.79 Å². The molecule has 4 nitrogen and oxygen atoms in total. The summed E-state index contributed by atoms with van der Waals surface area (Å²) in [4.78, 5) is 14.5. The molecule has 0 bridgehead atoms. The number of fused-ring (bicyclic) bond motifs is 1. The number of nitrogens with zero attached hydrogens (tertiary/aromatic N) is 1. The molecular formula is C11H10N2O2S. The molecule has 0 saturated heterocycles. The van der Waals surface area contributed by atoms with E-state index in [1.54, 1.807) is 12.2 Å².